The molecule has 0 saturated carbocycles. The highest BCUT2D eigenvalue weighted by atomic mass is 127. The Kier molecular flexibility index (Phi) is 13.0. The van der Waals surface area contributed by atoms with Gasteiger partial charge < -0.3 is 25.4 Å². The van der Waals surface area contributed by atoms with Gasteiger partial charge in [0.1, 0.15) is 0 Å². The molecule has 0 aliphatic heterocycles. The van der Waals surface area contributed by atoms with E-state index in [0.717, 1.165) is 5.56 Å². The molecule has 0 heterocycles. The van der Waals surface area contributed by atoms with Crippen LogP contribution in [0.5, 0.6) is 11.5 Å². The summed E-state index contributed by atoms with van der Waals surface area (Å²) >= 11 is 0. The number of alkyl halides is 2. The lowest BCUT2D eigenvalue weighted by molar-refractivity contribution is -0.121. The molecule has 0 saturated heterocycles. The molecule has 2 aromatic carbocycles. The minimum Gasteiger partial charge on any atom is -0.490 e. The monoisotopic (exact) mass is 562 g/mol. The van der Waals surface area contributed by atoms with Gasteiger partial charge in [-0.15, -0.1) is 24.0 Å². The quantitative estimate of drug-likeness (QED) is 0.221. The van der Waals surface area contributed by atoms with Crippen molar-refractivity contribution in [3.05, 3.63) is 59.7 Å². The van der Waals surface area contributed by atoms with E-state index in [9.17, 15) is 13.6 Å². The van der Waals surface area contributed by atoms with Crippen molar-refractivity contribution in [3.8, 4) is 11.5 Å². The van der Waals surface area contributed by atoms with Gasteiger partial charge in [0.05, 0.1) is 6.61 Å². The molecule has 176 valence electrons. The van der Waals surface area contributed by atoms with Crippen molar-refractivity contribution in [2.75, 3.05) is 20.2 Å². The molecule has 10 heteroatoms. The number of benzene rings is 2. The Hall–Kier alpha value is -2.63. The molecule has 0 radical (unpaired) electrons. The normalized spacial score (nSPS) is 10.8. The fraction of sp³-hybridized carbons (Fsp3) is 0.364. The number of amides is 1. The van der Waals surface area contributed by atoms with Crippen LogP contribution in [0.15, 0.2) is 53.5 Å². The van der Waals surface area contributed by atoms with Gasteiger partial charge in [0.25, 0.3) is 0 Å². The van der Waals surface area contributed by atoms with Crippen LogP contribution >= 0.6 is 24.0 Å². The number of hydrogen-bond donors (Lipinski definition) is 3. The first-order valence-corrected chi connectivity index (χ1v) is 9.98. The van der Waals surface area contributed by atoms with E-state index < -0.39 is 6.61 Å². The zero-order chi connectivity index (χ0) is 22.5. The number of guanidine groups is 1. The van der Waals surface area contributed by atoms with Gasteiger partial charge >= 0.3 is 6.61 Å². The molecule has 0 aromatic heterocycles. The number of carbonyl (C=O) groups is 1. The van der Waals surface area contributed by atoms with Gasteiger partial charge in [0.15, 0.2) is 17.5 Å². The third kappa shape index (κ3) is 9.67. The van der Waals surface area contributed by atoms with Crippen molar-refractivity contribution in [2.45, 2.75) is 33.0 Å². The molecule has 0 aliphatic rings. The van der Waals surface area contributed by atoms with E-state index in [1.165, 1.54) is 0 Å². The highest BCUT2D eigenvalue weighted by molar-refractivity contribution is 14.0. The van der Waals surface area contributed by atoms with Crippen molar-refractivity contribution in [2.24, 2.45) is 4.99 Å². The zero-order valence-corrected chi connectivity index (χ0v) is 20.4. The molecule has 7 nitrogen and oxygen atoms in total. The molecule has 2 rings (SSSR count). The number of ether oxygens (including phenoxy) is 2. The summed E-state index contributed by atoms with van der Waals surface area (Å²) in [5.41, 5.74) is 1.52. The minimum atomic E-state index is -2.97. The van der Waals surface area contributed by atoms with E-state index in [0.29, 0.717) is 31.2 Å². The van der Waals surface area contributed by atoms with Crippen molar-refractivity contribution >= 4 is 35.8 Å². The average Bonchev–Trinajstić information content (AvgIpc) is 2.77. The lowest BCUT2D eigenvalue weighted by atomic mass is 10.2. The molecule has 1 amide bonds. The van der Waals surface area contributed by atoms with Crippen LogP contribution in [0.2, 0.25) is 0 Å². The smallest absolute Gasteiger partial charge is 0.387 e. The Bertz CT molecular complexity index is 854. The molecular formula is C22H29F2IN4O3. The maximum absolute atomic E-state index is 12.8. The van der Waals surface area contributed by atoms with Crippen molar-refractivity contribution in [1.29, 1.82) is 0 Å². The van der Waals surface area contributed by atoms with Crippen LogP contribution in [0.4, 0.5) is 8.78 Å². The molecule has 0 aliphatic carbocycles. The van der Waals surface area contributed by atoms with Crippen LogP contribution in [-0.4, -0.2) is 38.7 Å². The maximum atomic E-state index is 12.8. The summed E-state index contributed by atoms with van der Waals surface area (Å²) in [5.74, 6) is 0.576. The van der Waals surface area contributed by atoms with Crippen LogP contribution in [0.1, 0.15) is 24.5 Å². The fourth-order valence-corrected chi connectivity index (χ4v) is 2.77. The average molecular weight is 562 g/mol. The summed E-state index contributed by atoms with van der Waals surface area (Å²) in [6.45, 7) is 0.135. The van der Waals surface area contributed by atoms with Gasteiger partial charge in [-0.25, -0.2) is 0 Å². The number of nitrogens with zero attached hydrogens (tertiary/aromatic N) is 1. The summed E-state index contributed by atoms with van der Waals surface area (Å²) in [6, 6.07) is 14.6. The first-order chi connectivity index (χ1) is 15.0. The van der Waals surface area contributed by atoms with Crippen LogP contribution in [-0.2, 0) is 17.9 Å². The van der Waals surface area contributed by atoms with Gasteiger partial charge in [0, 0.05) is 38.7 Å². The molecular weight excluding hydrogens is 533 g/mol. The van der Waals surface area contributed by atoms with Gasteiger partial charge in [-0.05, 0) is 18.6 Å². The first kappa shape index (κ1) is 27.4. The fourth-order valence-electron chi connectivity index (χ4n) is 2.77. The summed E-state index contributed by atoms with van der Waals surface area (Å²) in [6.07, 6.45) is 0.257. The Morgan fingerprint density at radius 2 is 1.78 bits per heavy atom. The second kappa shape index (κ2) is 15.2. The first-order valence-electron chi connectivity index (χ1n) is 9.98. The molecule has 0 bridgehead atoms. The number of halogens is 3. The summed E-state index contributed by atoms with van der Waals surface area (Å²) in [4.78, 5) is 16.1. The summed E-state index contributed by atoms with van der Waals surface area (Å²) < 4.78 is 35.7. The van der Waals surface area contributed by atoms with E-state index in [2.05, 4.69) is 25.7 Å². The van der Waals surface area contributed by atoms with E-state index >= 15 is 0 Å². The topological polar surface area (TPSA) is 84.0 Å². The molecule has 3 N–H and O–H groups in total. The number of aliphatic imine (C=N–C) groups is 1. The lowest BCUT2D eigenvalue weighted by Crippen LogP contribution is -2.39. The van der Waals surface area contributed by atoms with Crippen LogP contribution < -0.4 is 25.4 Å². The van der Waals surface area contributed by atoms with Crippen molar-refractivity contribution in [3.63, 3.8) is 0 Å². The van der Waals surface area contributed by atoms with Gasteiger partial charge in [-0.2, -0.15) is 8.78 Å². The van der Waals surface area contributed by atoms with Gasteiger partial charge in [-0.1, -0.05) is 42.5 Å². The third-order valence-electron chi connectivity index (χ3n) is 4.21. The number of para-hydroxylation sites is 1. The number of hydrogen-bond acceptors (Lipinski definition) is 4. The SMILES string of the molecule is CCOc1cccc(CNC(=NC)NCCC(=O)NCc2ccccc2)c1OC(F)F.I. The zero-order valence-electron chi connectivity index (χ0n) is 18.1. The summed E-state index contributed by atoms with van der Waals surface area (Å²) in [5, 5.41) is 8.91. The minimum absolute atomic E-state index is 0. The van der Waals surface area contributed by atoms with Crippen LogP contribution in [0, 0.1) is 0 Å². The summed E-state index contributed by atoms with van der Waals surface area (Å²) in [7, 11) is 1.58. The molecule has 0 fully saturated rings. The second-order valence-electron chi connectivity index (χ2n) is 6.42. The third-order valence-corrected chi connectivity index (χ3v) is 4.21. The highest BCUT2D eigenvalue weighted by Gasteiger charge is 2.16. The predicted molar refractivity (Wildman–Crippen MR) is 131 cm³/mol. The lowest BCUT2D eigenvalue weighted by Gasteiger charge is -2.17. The van der Waals surface area contributed by atoms with Gasteiger partial charge in [-0.3, -0.25) is 9.79 Å². The Morgan fingerprint density at radius 1 is 1.03 bits per heavy atom. The predicted octanol–water partition coefficient (Wildman–Crippen LogP) is 3.68. The maximum Gasteiger partial charge on any atom is 0.387 e. The van der Waals surface area contributed by atoms with Gasteiger partial charge in [0.2, 0.25) is 5.91 Å². The molecule has 32 heavy (non-hydrogen) atoms. The Labute approximate surface area is 204 Å². The van der Waals surface area contributed by atoms with Crippen molar-refractivity contribution < 1.29 is 23.0 Å². The van der Waals surface area contributed by atoms with Crippen molar-refractivity contribution in [1.82, 2.24) is 16.0 Å². The van der Waals surface area contributed by atoms with E-state index in [1.807, 2.05) is 30.3 Å². The largest absolute Gasteiger partial charge is 0.490 e. The Morgan fingerprint density at radius 3 is 2.44 bits per heavy atom. The molecule has 2 aromatic rings. The van der Waals surface area contributed by atoms with E-state index in [-0.39, 0.29) is 54.3 Å². The van der Waals surface area contributed by atoms with E-state index in [4.69, 9.17) is 4.74 Å². The van der Waals surface area contributed by atoms with Crippen LogP contribution in [0.25, 0.3) is 0 Å². The van der Waals surface area contributed by atoms with E-state index in [1.54, 1.807) is 32.2 Å². The molecule has 0 atom stereocenters. The Balaban J connectivity index is 0.00000512. The standard InChI is InChI=1S/C22H28F2N4O3.HI/c1-3-30-18-11-7-10-17(20(18)31-21(23)24)15-28-22(25-2)26-13-12-19(29)27-14-16-8-5-4-6-9-16;/h4-11,21H,3,12-15H2,1-2H3,(H,27,29)(H2,25,26,28);1H. The highest BCUT2D eigenvalue weighted by Crippen LogP contribution is 2.32. The van der Waals surface area contributed by atoms with Crippen LogP contribution in [0.3, 0.4) is 0 Å². The number of nitrogens with one attached hydrogen (secondary N) is 3. The molecule has 0 unspecified atom stereocenters. The number of carbonyl (C=O) groups excluding carboxylic acids is 1. The molecule has 0 spiro atoms. The number of rotatable bonds is 11. The second-order valence-corrected chi connectivity index (χ2v) is 6.42.